The van der Waals surface area contributed by atoms with Crippen molar-refractivity contribution in [3.8, 4) is 0 Å². The van der Waals surface area contributed by atoms with E-state index in [4.69, 9.17) is 5.73 Å². The molecule has 2 aliphatic rings. The standard InChI is InChI=1S/C13H17BrN4O/c1-17-6-10-5-9(17)7-18(10)12(13(15)19)11-4-8(14)2-3-16-11/h2-4,9-10,12H,5-7H2,1H3,(H2,15,19). The average Bonchev–Trinajstić information content (AvgIpc) is 2.88. The lowest BCUT2D eigenvalue weighted by Gasteiger charge is -2.35. The van der Waals surface area contributed by atoms with E-state index in [-0.39, 0.29) is 5.91 Å². The van der Waals surface area contributed by atoms with Gasteiger partial charge in [0.2, 0.25) is 5.91 Å². The summed E-state index contributed by atoms with van der Waals surface area (Å²) in [5.74, 6) is -0.319. The highest BCUT2D eigenvalue weighted by Gasteiger charge is 2.46. The van der Waals surface area contributed by atoms with Gasteiger partial charge in [-0.15, -0.1) is 0 Å². The summed E-state index contributed by atoms with van der Waals surface area (Å²) in [4.78, 5) is 20.8. The molecule has 2 N–H and O–H groups in total. The molecule has 0 radical (unpaired) electrons. The second kappa shape index (κ2) is 4.85. The molecule has 0 saturated carbocycles. The van der Waals surface area contributed by atoms with E-state index in [2.05, 4.69) is 37.8 Å². The van der Waals surface area contributed by atoms with Gasteiger partial charge in [0.05, 0.1) is 5.69 Å². The van der Waals surface area contributed by atoms with E-state index in [0.717, 1.165) is 29.7 Å². The quantitative estimate of drug-likeness (QED) is 0.891. The fraction of sp³-hybridized carbons (Fsp3) is 0.538. The molecule has 2 aliphatic heterocycles. The van der Waals surface area contributed by atoms with Crippen LogP contribution in [0.25, 0.3) is 0 Å². The zero-order valence-electron chi connectivity index (χ0n) is 10.8. The Bertz CT molecular complexity index is 507. The molecular weight excluding hydrogens is 308 g/mol. The molecule has 1 amide bonds. The Balaban J connectivity index is 1.89. The number of carbonyl (C=O) groups excluding carboxylic acids is 1. The van der Waals surface area contributed by atoms with Gasteiger partial charge in [-0.2, -0.15) is 0 Å². The summed E-state index contributed by atoms with van der Waals surface area (Å²) in [6.07, 6.45) is 2.82. The summed E-state index contributed by atoms with van der Waals surface area (Å²) in [6, 6.07) is 4.27. The summed E-state index contributed by atoms with van der Waals surface area (Å²) in [5.41, 5.74) is 6.35. The van der Waals surface area contributed by atoms with Crippen LogP contribution in [0.5, 0.6) is 0 Å². The highest BCUT2D eigenvalue weighted by Crippen LogP contribution is 2.35. The molecule has 1 aromatic rings. The van der Waals surface area contributed by atoms with Crippen molar-refractivity contribution in [1.82, 2.24) is 14.8 Å². The smallest absolute Gasteiger partial charge is 0.241 e. The summed E-state index contributed by atoms with van der Waals surface area (Å²) < 4.78 is 0.922. The van der Waals surface area contributed by atoms with Gasteiger partial charge in [-0.25, -0.2) is 0 Å². The number of amides is 1. The van der Waals surface area contributed by atoms with Crippen molar-refractivity contribution in [2.45, 2.75) is 24.5 Å². The maximum absolute atomic E-state index is 11.9. The third kappa shape index (κ3) is 2.28. The maximum Gasteiger partial charge on any atom is 0.241 e. The number of rotatable bonds is 3. The number of fused-ring (bicyclic) bond motifs is 2. The SMILES string of the molecule is CN1CC2CC1CN2C(C(N)=O)c1cc(Br)ccn1. The average molecular weight is 325 g/mol. The van der Waals surface area contributed by atoms with Crippen molar-refractivity contribution >= 4 is 21.8 Å². The first-order valence-corrected chi connectivity index (χ1v) is 7.22. The highest BCUT2D eigenvalue weighted by molar-refractivity contribution is 9.10. The van der Waals surface area contributed by atoms with Crippen molar-refractivity contribution in [2.75, 3.05) is 20.1 Å². The second-order valence-corrected chi connectivity index (χ2v) is 6.30. The summed E-state index contributed by atoms with van der Waals surface area (Å²) >= 11 is 3.42. The third-order valence-electron chi connectivity index (χ3n) is 4.18. The minimum absolute atomic E-state index is 0.319. The highest BCUT2D eigenvalue weighted by atomic mass is 79.9. The Morgan fingerprint density at radius 2 is 2.32 bits per heavy atom. The van der Waals surface area contributed by atoms with Crippen LogP contribution in [-0.2, 0) is 4.79 Å². The lowest BCUT2D eigenvalue weighted by molar-refractivity contribution is -0.124. The third-order valence-corrected chi connectivity index (χ3v) is 4.67. The van der Waals surface area contributed by atoms with E-state index in [0.29, 0.717) is 12.1 Å². The monoisotopic (exact) mass is 324 g/mol. The van der Waals surface area contributed by atoms with Gasteiger partial charge in [-0.05, 0) is 25.6 Å². The molecule has 1 aromatic heterocycles. The number of carbonyl (C=O) groups is 1. The fourth-order valence-corrected chi connectivity index (χ4v) is 3.62. The predicted molar refractivity (Wildman–Crippen MR) is 75.4 cm³/mol. The topological polar surface area (TPSA) is 62.5 Å². The number of nitrogens with two attached hydrogens (primary N) is 1. The van der Waals surface area contributed by atoms with Crippen LogP contribution in [0.1, 0.15) is 18.2 Å². The number of nitrogens with zero attached hydrogens (tertiary/aromatic N) is 3. The van der Waals surface area contributed by atoms with Crippen molar-refractivity contribution in [2.24, 2.45) is 5.73 Å². The van der Waals surface area contributed by atoms with Crippen molar-refractivity contribution < 1.29 is 4.79 Å². The summed E-state index contributed by atoms with van der Waals surface area (Å²) in [5, 5.41) is 0. The minimum atomic E-state index is -0.416. The molecule has 2 saturated heterocycles. The first-order chi connectivity index (χ1) is 9.06. The van der Waals surface area contributed by atoms with Gasteiger partial charge in [-0.3, -0.25) is 14.7 Å². The van der Waals surface area contributed by atoms with Crippen LogP contribution in [0.2, 0.25) is 0 Å². The number of hydrogen-bond donors (Lipinski definition) is 1. The van der Waals surface area contributed by atoms with Crippen molar-refractivity contribution in [3.05, 3.63) is 28.5 Å². The molecule has 3 heterocycles. The van der Waals surface area contributed by atoms with Crippen LogP contribution in [0.3, 0.4) is 0 Å². The summed E-state index contributed by atoms with van der Waals surface area (Å²) in [6.45, 7) is 1.89. The van der Waals surface area contributed by atoms with Gasteiger partial charge < -0.3 is 10.6 Å². The van der Waals surface area contributed by atoms with Crippen LogP contribution in [0.15, 0.2) is 22.8 Å². The lowest BCUT2D eigenvalue weighted by atomic mass is 10.1. The number of primary amides is 1. The van der Waals surface area contributed by atoms with Crippen LogP contribution in [-0.4, -0.2) is 52.9 Å². The Morgan fingerprint density at radius 3 is 2.84 bits per heavy atom. The number of likely N-dealkylation sites (tertiary alicyclic amines) is 2. The number of hydrogen-bond acceptors (Lipinski definition) is 4. The number of piperazine rings is 1. The van der Waals surface area contributed by atoms with Gasteiger partial charge in [0.1, 0.15) is 6.04 Å². The van der Waals surface area contributed by atoms with E-state index in [1.165, 1.54) is 0 Å². The minimum Gasteiger partial charge on any atom is -0.368 e. The molecule has 3 unspecified atom stereocenters. The molecule has 0 aliphatic carbocycles. The Labute approximate surface area is 120 Å². The number of likely N-dealkylation sites (N-methyl/N-ethyl adjacent to an activating group) is 1. The number of aromatic nitrogens is 1. The normalized spacial score (nSPS) is 28.7. The molecule has 0 spiro atoms. The van der Waals surface area contributed by atoms with Crippen LogP contribution < -0.4 is 5.73 Å². The van der Waals surface area contributed by atoms with Gasteiger partial charge in [-0.1, -0.05) is 15.9 Å². The molecule has 3 atom stereocenters. The largest absolute Gasteiger partial charge is 0.368 e. The van der Waals surface area contributed by atoms with Gasteiger partial charge >= 0.3 is 0 Å². The number of pyridine rings is 1. The van der Waals surface area contributed by atoms with E-state index >= 15 is 0 Å². The van der Waals surface area contributed by atoms with Crippen molar-refractivity contribution in [3.63, 3.8) is 0 Å². The first kappa shape index (κ1) is 13.0. The summed E-state index contributed by atoms with van der Waals surface area (Å²) in [7, 11) is 2.14. The molecule has 5 nitrogen and oxygen atoms in total. The molecule has 6 heteroatoms. The van der Waals surface area contributed by atoms with E-state index < -0.39 is 6.04 Å². The molecule has 3 rings (SSSR count). The number of halogens is 1. The predicted octanol–water partition coefficient (Wildman–Crippen LogP) is 0.759. The Hall–Kier alpha value is -0.980. The molecule has 102 valence electrons. The zero-order chi connectivity index (χ0) is 13.6. The van der Waals surface area contributed by atoms with E-state index in [1.54, 1.807) is 6.20 Å². The Kier molecular flexibility index (Phi) is 3.32. The van der Waals surface area contributed by atoms with Gasteiger partial charge in [0, 0.05) is 35.8 Å². The maximum atomic E-state index is 11.9. The fourth-order valence-electron chi connectivity index (χ4n) is 3.26. The van der Waals surface area contributed by atoms with Gasteiger partial charge in [0.25, 0.3) is 0 Å². The molecule has 0 aromatic carbocycles. The molecule has 2 bridgehead atoms. The Morgan fingerprint density at radius 1 is 1.53 bits per heavy atom. The van der Waals surface area contributed by atoms with Crippen LogP contribution >= 0.6 is 15.9 Å². The zero-order valence-corrected chi connectivity index (χ0v) is 12.4. The second-order valence-electron chi connectivity index (χ2n) is 5.38. The van der Waals surface area contributed by atoms with E-state index in [9.17, 15) is 4.79 Å². The molecule has 2 fully saturated rings. The molecule has 19 heavy (non-hydrogen) atoms. The lowest BCUT2D eigenvalue weighted by Crippen LogP contribution is -2.49. The van der Waals surface area contributed by atoms with Gasteiger partial charge in [0.15, 0.2) is 0 Å². The first-order valence-electron chi connectivity index (χ1n) is 6.43. The van der Waals surface area contributed by atoms with Crippen LogP contribution in [0.4, 0.5) is 0 Å². The van der Waals surface area contributed by atoms with E-state index in [1.807, 2.05) is 12.1 Å². The van der Waals surface area contributed by atoms with Crippen molar-refractivity contribution in [1.29, 1.82) is 0 Å². The molecular formula is C13H17BrN4O. The van der Waals surface area contributed by atoms with Crippen LogP contribution in [0, 0.1) is 0 Å².